The van der Waals surface area contributed by atoms with E-state index in [0.29, 0.717) is 23.0 Å². The number of aliphatic hydroxyl groups excluding tert-OH is 1. The van der Waals surface area contributed by atoms with Crippen LogP contribution in [0.15, 0.2) is 30.5 Å². The largest absolute Gasteiger partial charge is 0.394 e. The van der Waals surface area contributed by atoms with Crippen molar-refractivity contribution in [3.05, 3.63) is 47.2 Å². The second-order valence-electron chi connectivity index (χ2n) is 8.39. The van der Waals surface area contributed by atoms with Gasteiger partial charge in [-0.05, 0) is 68.4 Å². The van der Waals surface area contributed by atoms with Crippen molar-refractivity contribution in [3.8, 4) is 11.1 Å². The van der Waals surface area contributed by atoms with Crippen LogP contribution >= 0.6 is 0 Å². The number of carbonyl (C=O) groups excluding carboxylic acids is 2. The van der Waals surface area contributed by atoms with Gasteiger partial charge >= 0.3 is 0 Å². The Balaban J connectivity index is 1.68. The lowest BCUT2D eigenvalue weighted by molar-refractivity contribution is 0.0946. The summed E-state index contributed by atoms with van der Waals surface area (Å²) in [4.78, 5) is 29.6. The van der Waals surface area contributed by atoms with Gasteiger partial charge in [0.2, 0.25) is 0 Å². The highest BCUT2D eigenvalue weighted by Crippen LogP contribution is 2.36. The highest BCUT2D eigenvalue weighted by atomic mass is 16.3. The molecule has 7 nitrogen and oxygen atoms in total. The molecule has 2 aromatic rings. The maximum Gasteiger partial charge on any atom is 0.254 e. The van der Waals surface area contributed by atoms with Crippen molar-refractivity contribution in [1.82, 2.24) is 15.6 Å². The first-order valence-electron chi connectivity index (χ1n) is 10.5. The molecule has 1 aromatic heterocycles. The van der Waals surface area contributed by atoms with Crippen molar-refractivity contribution < 1.29 is 14.7 Å². The van der Waals surface area contributed by atoms with E-state index in [2.05, 4.69) is 20.9 Å². The van der Waals surface area contributed by atoms with Gasteiger partial charge in [0.15, 0.2) is 0 Å². The molecule has 1 aromatic carbocycles. The Morgan fingerprint density at radius 1 is 1.20 bits per heavy atom. The predicted octanol–water partition coefficient (Wildman–Crippen LogP) is 2.64. The first-order valence-corrected chi connectivity index (χ1v) is 10.5. The molecule has 1 heterocycles. The molecule has 2 amide bonds. The van der Waals surface area contributed by atoms with Crippen LogP contribution in [0, 0.1) is 6.92 Å². The molecule has 158 valence electrons. The molecule has 0 aliphatic heterocycles. The molecule has 4 N–H and O–H groups in total. The number of carbonyl (C=O) groups is 2. The van der Waals surface area contributed by atoms with Gasteiger partial charge in [0.25, 0.3) is 11.8 Å². The van der Waals surface area contributed by atoms with Crippen molar-refractivity contribution >= 4 is 17.6 Å². The first-order chi connectivity index (χ1) is 14.4. The van der Waals surface area contributed by atoms with Crippen molar-refractivity contribution in [1.29, 1.82) is 0 Å². The number of benzene rings is 1. The van der Waals surface area contributed by atoms with E-state index in [4.69, 9.17) is 0 Å². The van der Waals surface area contributed by atoms with Gasteiger partial charge in [-0.15, -0.1) is 0 Å². The molecule has 2 saturated carbocycles. The first kappa shape index (κ1) is 20.3. The lowest BCUT2D eigenvalue weighted by atomic mass is 9.77. The molecule has 4 rings (SSSR count). The molecule has 7 heteroatoms. The smallest absolute Gasteiger partial charge is 0.254 e. The van der Waals surface area contributed by atoms with Crippen LogP contribution in [0.25, 0.3) is 11.1 Å². The zero-order valence-corrected chi connectivity index (χ0v) is 17.4. The van der Waals surface area contributed by atoms with Crippen LogP contribution in [0.2, 0.25) is 0 Å². The van der Waals surface area contributed by atoms with E-state index in [1.165, 1.54) is 0 Å². The minimum atomic E-state index is -0.409. The summed E-state index contributed by atoms with van der Waals surface area (Å²) < 4.78 is 0. The van der Waals surface area contributed by atoms with Crippen LogP contribution in [0.3, 0.4) is 0 Å². The number of aromatic nitrogens is 1. The fourth-order valence-electron chi connectivity index (χ4n) is 3.77. The standard InChI is InChI=1S/C23H28N4O3/c1-14-4-5-15(21(29)26-17-6-7-17)10-18(14)16-11-19(22(30)24-2)20(25-12-16)27-23(13-28)8-3-9-23/h4-5,10-12,17,28H,3,6-9,13H2,1-2H3,(H,24,30)(H,25,27)(H,26,29). The van der Waals surface area contributed by atoms with Crippen molar-refractivity contribution in [3.63, 3.8) is 0 Å². The number of anilines is 1. The maximum absolute atomic E-state index is 12.6. The Hall–Kier alpha value is -2.93. The molecular formula is C23H28N4O3. The Morgan fingerprint density at radius 2 is 1.97 bits per heavy atom. The fourth-order valence-corrected chi connectivity index (χ4v) is 3.77. The van der Waals surface area contributed by atoms with E-state index in [0.717, 1.165) is 48.8 Å². The topological polar surface area (TPSA) is 103 Å². The van der Waals surface area contributed by atoms with E-state index >= 15 is 0 Å². The van der Waals surface area contributed by atoms with E-state index in [9.17, 15) is 14.7 Å². The summed E-state index contributed by atoms with van der Waals surface area (Å²) in [6, 6.07) is 7.67. The molecule has 2 aliphatic rings. The predicted molar refractivity (Wildman–Crippen MR) is 116 cm³/mol. The third-order valence-corrected chi connectivity index (χ3v) is 6.08. The summed E-state index contributed by atoms with van der Waals surface area (Å²) in [5.74, 6) is 0.137. The number of nitrogens with one attached hydrogen (secondary N) is 3. The van der Waals surface area contributed by atoms with Crippen molar-refractivity contribution in [2.45, 2.75) is 50.6 Å². The number of nitrogens with zero attached hydrogens (tertiary/aromatic N) is 1. The number of hydrogen-bond donors (Lipinski definition) is 4. The maximum atomic E-state index is 12.6. The average molecular weight is 409 g/mol. The number of rotatable bonds is 7. The monoisotopic (exact) mass is 408 g/mol. The quantitative estimate of drug-likeness (QED) is 0.564. The molecule has 2 aliphatic carbocycles. The van der Waals surface area contributed by atoms with E-state index < -0.39 is 5.54 Å². The van der Waals surface area contributed by atoms with E-state index in [1.54, 1.807) is 19.3 Å². The van der Waals surface area contributed by atoms with Gasteiger partial charge in [-0.25, -0.2) is 4.98 Å². The summed E-state index contributed by atoms with van der Waals surface area (Å²) in [6.45, 7) is 1.97. The van der Waals surface area contributed by atoms with Crippen LogP contribution in [-0.4, -0.2) is 47.1 Å². The minimum Gasteiger partial charge on any atom is -0.394 e. The highest BCUT2D eigenvalue weighted by Gasteiger charge is 2.37. The molecule has 0 unspecified atom stereocenters. The Labute approximate surface area is 176 Å². The molecule has 30 heavy (non-hydrogen) atoms. The minimum absolute atomic E-state index is 0.000868. The second kappa shape index (κ2) is 8.07. The summed E-state index contributed by atoms with van der Waals surface area (Å²) in [5, 5.41) is 18.7. The van der Waals surface area contributed by atoms with E-state index in [-0.39, 0.29) is 18.4 Å². The number of amides is 2. The van der Waals surface area contributed by atoms with Gasteiger partial charge in [0.05, 0.1) is 17.7 Å². The SMILES string of the molecule is CNC(=O)c1cc(-c2cc(C(=O)NC3CC3)ccc2C)cnc1NC1(CO)CCC1. The number of aryl methyl sites for hydroxylation is 1. The molecule has 0 atom stereocenters. The number of pyridine rings is 1. The van der Waals surface area contributed by atoms with Crippen molar-refractivity contribution in [2.75, 3.05) is 19.0 Å². The summed E-state index contributed by atoms with van der Waals surface area (Å²) >= 11 is 0. The number of aliphatic hydroxyl groups is 1. The van der Waals surface area contributed by atoms with Gasteiger partial charge in [0, 0.05) is 30.4 Å². The summed E-state index contributed by atoms with van der Waals surface area (Å²) in [5.41, 5.74) is 3.23. The third-order valence-electron chi connectivity index (χ3n) is 6.08. The molecule has 2 fully saturated rings. The molecule has 0 spiro atoms. The fraction of sp³-hybridized carbons (Fsp3) is 0.435. The van der Waals surface area contributed by atoms with Crippen LogP contribution in [0.4, 0.5) is 5.82 Å². The average Bonchev–Trinajstić information content (AvgIpc) is 3.54. The molecule has 0 bridgehead atoms. The normalized spacial score (nSPS) is 17.0. The highest BCUT2D eigenvalue weighted by molar-refractivity contribution is 6.00. The van der Waals surface area contributed by atoms with Gasteiger partial charge in [-0.3, -0.25) is 9.59 Å². The van der Waals surface area contributed by atoms with Gasteiger partial charge in [0.1, 0.15) is 5.82 Å². The van der Waals surface area contributed by atoms with Gasteiger partial charge < -0.3 is 21.1 Å². The van der Waals surface area contributed by atoms with E-state index in [1.807, 2.05) is 25.1 Å². The zero-order valence-electron chi connectivity index (χ0n) is 17.4. The number of hydrogen-bond acceptors (Lipinski definition) is 5. The van der Waals surface area contributed by atoms with Gasteiger partial charge in [-0.1, -0.05) is 6.07 Å². The Bertz CT molecular complexity index is 975. The van der Waals surface area contributed by atoms with Crippen molar-refractivity contribution in [2.24, 2.45) is 0 Å². The van der Waals surface area contributed by atoms with Gasteiger partial charge in [-0.2, -0.15) is 0 Å². The van der Waals surface area contributed by atoms with Crippen LogP contribution in [-0.2, 0) is 0 Å². The second-order valence-corrected chi connectivity index (χ2v) is 8.39. The van der Waals surface area contributed by atoms with Crippen LogP contribution < -0.4 is 16.0 Å². The lowest BCUT2D eigenvalue weighted by Crippen LogP contribution is -2.49. The zero-order chi connectivity index (χ0) is 21.3. The Kier molecular flexibility index (Phi) is 5.47. The molecular weight excluding hydrogens is 380 g/mol. The lowest BCUT2D eigenvalue weighted by Gasteiger charge is -2.41. The third kappa shape index (κ3) is 4.03. The Morgan fingerprint density at radius 3 is 2.57 bits per heavy atom. The van der Waals surface area contributed by atoms with Crippen LogP contribution in [0.5, 0.6) is 0 Å². The van der Waals surface area contributed by atoms with Crippen LogP contribution in [0.1, 0.15) is 58.4 Å². The summed E-state index contributed by atoms with van der Waals surface area (Å²) in [6.07, 6.45) is 6.51. The summed E-state index contributed by atoms with van der Waals surface area (Å²) in [7, 11) is 1.58. The molecule has 0 radical (unpaired) electrons. The molecule has 0 saturated heterocycles.